The number of hydrogen-bond acceptors (Lipinski definition) is 23. The lowest BCUT2D eigenvalue weighted by molar-refractivity contribution is -0.151. The number of alkyl halides is 6. The highest BCUT2D eigenvalue weighted by molar-refractivity contribution is 6.17. The number of aliphatic imine (C=N–C) groups is 2. The number of nitrogens with two attached hydrogens (primary N) is 4. The summed E-state index contributed by atoms with van der Waals surface area (Å²) in [7, 11) is 0. The fourth-order valence-corrected chi connectivity index (χ4v) is 13.8. The highest BCUT2D eigenvalue weighted by Crippen LogP contribution is 2.57. The average Bonchev–Trinajstić information content (AvgIpc) is 0.724. The smallest absolute Gasteiger partial charge is 0.329 e. The lowest BCUT2D eigenvalue weighted by atomic mass is 9.83. The number of carbonyl (C=O) groups is 5. The zero-order valence-corrected chi connectivity index (χ0v) is 62.2. The molecule has 8 aromatic rings. The van der Waals surface area contributed by atoms with Crippen molar-refractivity contribution >= 4 is 86.0 Å². The fourth-order valence-electron chi connectivity index (χ4n) is 13.8. The van der Waals surface area contributed by atoms with E-state index in [0.717, 1.165) is 12.4 Å². The van der Waals surface area contributed by atoms with E-state index in [1.54, 1.807) is 107 Å². The number of benzene rings is 8. The van der Waals surface area contributed by atoms with Gasteiger partial charge in [0, 0.05) is 103 Å². The van der Waals surface area contributed by atoms with Gasteiger partial charge in [0.25, 0.3) is 19.3 Å². The molecule has 26 nitrogen and oxygen atoms in total. The Bertz CT molecular complexity index is 4740. The Morgan fingerprint density at radius 3 is 0.773 bits per heavy atom. The molecule has 0 saturated heterocycles. The van der Waals surface area contributed by atoms with E-state index >= 15 is 0 Å². The summed E-state index contributed by atoms with van der Waals surface area (Å²) in [5.74, 6) is -13.3. The van der Waals surface area contributed by atoms with Crippen LogP contribution in [0.1, 0.15) is 194 Å². The SMILES string of the molecule is Cc1cc2c(C(C)C)c(O)c(O)c(C=NCCCC(N)(C(=O)O)C(F)F)c2c(O)c1-c1c(C)cc2c(C(C)C)c(O)c(O)c(C=NCCCC(N)(C(=O)O)C(F)F)c2c1O.Cc1cc2c(C(C)C)c(O)c(O)c(C=O)c2c(O)c1-c1c(C)cc2c(C(C)C)c(O)c(O)c(C=O)c2c1O.NCCCC(N)(C(=O)O)C(F)F. The van der Waals surface area contributed by atoms with Crippen LogP contribution < -0.4 is 22.9 Å². The molecule has 8 rings (SSSR count). The number of carboxylic acid groups (broad SMARTS) is 3. The Kier molecular flexibility index (Phi) is 27.3. The summed E-state index contributed by atoms with van der Waals surface area (Å²) in [6.45, 7) is 20.4. The van der Waals surface area contributed by atoms with Crippen LogP contribution in [0.15, 0.2) is 34.3 Å². The minimum absolute atomic E-state index is 0.00512. The van der Waals surface area contributed by atoms with E-state index in [2.05, 4.69) is 9.98 Å². The van der Waals surface area contributed by atoms with E-state index in [0.29, 0.717) is 56.7 Å². The zero-order chi connectivity index (χ0) is 83.5. The van der Waals surface area contributed by atoms with Crippen molar-refractivity contribution in [2.75, 3.05) is 19.6 Å². The molecular weight excluding hydrogens is 1450 g/mol. The van der Waals surface area contributed by atoms with Crippen molar-refractivity contribution in [1.29, 1.82) is 0 Å². The molecular formula is C78H92F6N6O20. The zero-order valence-electron chi connectivity index (χ0n) is 62.2. The van der Waals surface area contributed by atoms with Crippen LogP contribution in [0.3, 0.4) is 0 Å². The van der Waals surface area contributed by atoms with Crippen molar-refractivity contribution in [2.24, 2.45) is 32.9 Å². The van der Waals surface area contributed by atoms with Crippen molar-refractivity contribution in [3.05, 3.63) is 91.0 Å². The van der Waals surface area contributed by atoms with Crippen LogP contribution in [0, 0.1) is 27.7 Å². The first-order chi connectivity index (χ1) is 51.1. The number of aliphatic carboxylic acids is 3. The molecule has 0 aromatic heterocycles. The van der Waals surface area contributed by atoms with Gasteiger partial charge in [-0.3, -0.25) is 19.6 Å². The first-order valence-electron chi connectivity index (χ1n) is 34.6. The van der Waals surface area contributed by atoms with Crippen molar-refractivity contribution in [2.45, 2.75) is 181 Å². The van der Waals surface area contributed by atoms with E-state index in [-0.39, 0.29) is 145 Å². The highest BCUT2D eigenvalue weighted by atomic mass is 19.3. The molecule has 0 saturated carbocycles. The van der Waals surface area contributed by atoms with Gasteiger partial charge in [0.05, 0.1) is 11.1 Å². The van der Waals surface area contributed by atoms with Gasteiger partial charge in [0.2, 0.25) is 0 Å². The Morgan fingerprint density at radius 1 is 0.373 bits per heavy atom. The van der Waals surface area contributed by atoms with Crippen LogP contribution in [-0.4, -0.2) is 175 Å². The summed E-state index contributed by atoms with van der Waals surface area (Å²) in [5.41, 5.74) is 15.0. The van der Waals surface area contributed by atoms with E-state index < -0.39 is 147 Å². The Morgan fingerprint density at radius 2 is 0.582 bits per heavy atom. The predicted molar refractivity (Wildman–Crippen MR) is 403 cm³/mol. The maximum absolute atomic E-state index is 13.4. The van der Waals surface area contributed by atoms with Crippen LogP contribution in [0.4, 0.5) is 26.3 Å². The lowest BCUT2D eigenvalue weighted by Gasteiger charge is -2.24. The maximum Gasteiger partial charge on any atom is 0.329 e. The first-order valence-corrected chi connectivity index (χ1v) is 34.6. The summed E-state index contributed by atoms with van der Waals surface area (Å²) in [6.07, 6.45) is -8.79. The average molecular weight is 1550 g/mol. The molecule has 0 spiro atoms. The van der Waals surface area contributed by atoms with Gasteiger partial charge in [-0.05, 0) is 140 Å². The molecule has 0 aliphatic carbocycles. The molecule has 0 bridgehead atoms. The van der Waals surface area contributed by atoms with E-state index in [9.17, 15) is 122 Å². The summed E-state index contributed by atoms with van der Waals surface area (Å²) >= 11 is 0. The Labute approximate surface area is 626 Å². The third-order valence-corrected chi connectivity index (χ3v) is 19.6. The van der Waals surface area contributed by atoms with Crippen molar-refractivity contribution in [1.82, 2.24) is 0 Å². The van der Waals surface area contributed by atoms with Crippen LogP contribution >= 0.6 is 0 Å². The normalized spacial score (nSPS) is 13.7. The number of carbonyl (C=O) groups excluding carboxylic acids is 2. The maximum atomic E-state index is 13.4. The van der Waals surface area contributed by atoms with Gasteiger partial charge in [0.1, 0.15) is 23.0 Å². The third-order valence-electron chi connectivity index (χ3n) is 19.6. The van der Waals surface area contributed by atoms with Crippen molar-refractivity contribution < 1.29 is 127 Å². The number of carboxylic acids is 3. The molecule has 110 heavy (non-hydrogen) atoms. The van der Waals surface area contributed by atoms with Crippen LogP contribution in [0.2, 0.25) is 0 Å². The second-order valence-corrected chi connectivity index (χ2v) is 28.4. The number of nitrogens with zero attached hydrogens (tertiary/aromatic N) is 2. The third kappa shape index (κ3) is 16.0. The number of phenols is 12. The Balaban J connectivity index is 0.000000319. The number of fused-ring (bicyclic) bond motifs is 4. The number of aromatic hydroxyl groups is 12. The van der Waals surface area contributed by atoms with Gasteiger partial charge in [-0.2, -0.15) is 0 Å². The summed E-state index contributed by atoms with van der Waals surface area (Å²) in [5, 5.41) is 163. The van der Waals surface area contributed by atoms with Gasteiger partial charge >= 0.3 is 17.9 Å². The molecule has 23 N–H and O–H groups in total. The molecule has 0 radical (unpaired) electrons. The van der Waals surface area contributed by atoms with Crippen LogP contribution in [0.25, 0.3) is 65.3 Å². The molecule has 0 aliphatic rings. The van der Waals surface area contributed by atoms with Gasteiger partial charge in [-0.25, -0.2) is 40.7 Å². The van der Waals surface area contributed by atoms with Gasteiger partial charge in [-0.15, -0.1) is 0 Å². The van der Waals surface area contributed by atoms with Gasteiger partial charge in [0.15, 0.2) is 75.2 Å². The number of phenolic OH excluding ortho intramolecular Hbond substituents is 12. The molecule has 32 heteroatoms. The topological polar surface area (TPSA) is 518 Å². The molecule has 8 aromatic carbocycles. The second kappa shape index (κ2) is 34.2. The van der Waals surface area contributed by atoms with Gasteiger partial charge < -0.3 is 99.5 Å². The summed E-state index contributed by atoms with van der Waals surface area (Å²) < 4.78 is 78.0. The number of hydrogen-bond donors (Lipinski definition) is 19. The fraction of sp³-hybridized carbons (Fsp3) is 0.397. The molecule has 0 fully saturated rings. The minimum atomic E-state index is -3.37. The van der Waals surface area contributed by atoms with Crippen LogP contribution in [0.5, 0.6) is 69.0 Å². The molecule has 0 heterocycles. The molecule has 3 unspecified atom stereocenters. The van der Waals surface area contributed by atoms with Crippen LogP contribution in [-0.2, 0) is 14.4 Å². The molecule has 3 atom stereocenters. The first kappa shape index (κ1) is 87.8. The van der Waals surface area contributed by atoms with Crippen molar-refractivity contribution in [3.8, 4) is 91.2 Å². The summed E-state index contributed by atoms with van der Waals surface area (Å²) in [6, 6.07) is 6.54. The minimum Gasteiger partial charge on any atom is -0.507 e. The van der Waals surface area contributed by atoms with E-state index in [1.165, 1.54) is 0 Å². The number of aldehydes is 2. The quantitative estimate of drug-likeness (QED) is 0.00747. The largest absolute Gasteiger partial charge is 0.507 e. The molecule has 0 amide bonds. The number of halogens is 6. The van der Waals surface area contributed by atoms with E-state index in [1.807, 2.05) is 0 Å². The molecule has 596 valence electrons. The summed E-state index contributed by atoms with van der Waals surface area (Å²) in [4.78, 5) is 65.5. The second-order valence-electron chi connectivity index (χ2n) is 28.4. The van der Waals surface area contributed by atoms with Crippen molar-refractivity contribution in [3.63, 3.8) is 0 Å². The number of aryl methyl sites for hydroxylation is 4. The number of rotatable bonds is 27. The Hall–Kier alpha value is -11.1. The van der Waals surface area contributed by atoms with Gasteiger partial charge in [-0.1, -0.05) is 79.7 Å². The lowest BCUT2D eigenvalue weighted by Crippen LogP contribution is -2.54. The predicted octanol–water partition coefficient (Wildman–Crippen LogP) is 13.4. The van der Waals surface area contributed by atoms with E-state index in [4.69, 9.17) is 28.0 Å². The standard InChI is InChI=1S/C42H50F4N4O10.C30H30O8.C6H12F2N2O2/c1-17(2)25-21-13-19(5)27(33(53)29(21)23(31(51)35(25)55)15-49-11-7-9-41(47,37(43)44)39(57)58)28-20(6)14-22-26(18(3)4)36(56)32(52)24(30(22)34(28)54)16-50-12-8-10-42(48,38(45)46)40(59)60;1-11(2)19-15-7-13(5)21(27(35)23(15)17(9-31)25(33)29(19)37)22-14(6)8-16-20(12(3)4)30(38)26(34)18(10-32)24(16)28(22)36;7-4(8)6(10,5(11)12)2-1-3-9/h13-18,37-38,51-56H,7-12,47-48H2,1-6H3,(H,57,58)(H,59,60);7-12,33-38H,1-6H3;4H,1-3,9-10H2,(H,11,12). The monoisotopic (exact) mass is 1550 g/mol. The highest BCUT2D eigenvalue weighted by Gasteiger charge is 2.45. The molecule has 0 aliphatic heterocycles.